The molecule has 0 aliphatic carbocycles. The van der Waals surface area contributed by atoms with Gasteiger partial charge in [-0.3, -0.25) is 4.68 Å². The van der Waals surface area contributed by atoms with Crippen molar-refractivity contribution < 1.29 is 0 Å². The van der Waals surface area contributed by atoms with Crippen molar-refractivity contribution in [3.05, 3.63) is 41.5 Å². The summed E-state index contributed by atoms with van der Waals surface area (Å²) < 4.78 is 4.10. The van der Waals surface area contributed by atoms with Gasteiger partial charge in [-0.05, 0) is 37.6 Å². The van der Waals surface area contributed by atoms with E-state index in [0.29, 0.717) is 6.54 Å². The lowest BCUT2D eigenvalue weighted by Crippen LogP contribution is -2.04. The predicted molar refractivity (Wildman–Crippen MR) is 64.2 cm³/mol. The second-order valence-corrected chi connectivity index (χ2v) is 4.13. The molecule has 0 fully saturated rings. The van der Waals surface area contributed by atoms with Crippen LogP contribution in [0.1, 0.15) is 17.0 Å². The summed E-state index contributed by atoms with van der Waals surface area (Å²) in [6, 6.07) is 4.23. The molecule has 2 aromatic heterocycles. The number of aryl methyl sites for hydroxylation is 2. The maximum absolute atomic E-state index is 5.53. The zero-order valence-electron chi connectivity index (χ0n) is 9.85. The largest absolute Gasteiger partial charge is 0.348 e. The van der Waals surface area contributed by atoms with Gasteiger partial charge in [0.15, 0.2) is 0 Å². The number of nitrogens with two attached hydrogens (primary N) is 1. The number of nitrogens with zero attached hydrogens (tertiary/aromatic N) is 3. The molecule has 0 aliphatic heterocycles. The smallest absolute Gasteiger partial charge is 0.0639 e. The Morgan fingerprint density at radius 1 is 1.44 bits per heavy atom. The molecule has 2 N–H and O–H groups in total. The molecule has 0 unspecified atom stereocenters. The third-order valence-corrected chi connectivity index (χ3v) is 2.69. The second-order valence-electron chi connectivity index (χ2n) is 4.13. The van der Waals surface area contributed by atoms with Crippen LogP contribution in [0.3, 0.4) is 0 Å². The first-order valence-electron chi connectivity index (χ1n) is 5.53. The van der Waals surface area contributed by atoms with E-state index < -0.39 is 0 Å². The zero-order chi connectivity index (χ0) is 11.5. The normalized spacial score (nSPS) is 10.9. The Balaban J connectivity index is 2.11. The Kier molecular flexibility index (Phi) is 3.10. The van der Waals surface area contributed by atoms with Gasteiger partial charge < -0.3 is 10.3 Å². The Hall–Kier alpha value is -1.55. The molecular formula is C12H18N4. The second kappa shape index (κ2) is 4.53. The minimum atomic E-state index is 0.703. The fourth-order valence-electron chi connectivity index (χ4n) is 1.90. The molecule has 0 bridgehead atoms. The first kappa shape index (κ1) is 11.0. The summed E-state index contributed by atoms with van der Waals surface area (Å²) in [6.45, 7) is 3.58. The summed E-state index contributed by atoms with van der Waals surface area (Å²) in [4.78, 5) is 0. The molecular weight excluding hydrogens is 200 g/mol. The zero-order valence-corrected chi connectivity index (χ0v) is 9.85. The average Bonchev–Trinajstić information content (AvgIpc) is 2.76. The van der Waals surface area contributed by atoms with Crippen LogP contribution in [-0.2, 0) is 20.0 Å². The number of aromatic nitrogens is 3. The van der Waals surface area contributed by atoms with E-state index in [-0.39, 0.29) is 0 Å². The molecule has 0 radical (unpaired) electrons. The molecule has 16 heavy (non-hydrogen) atoms. The molecule has 0 aliphatic rings. The molecule has 86 valence electrons. The van der Waals surface area contributed by atoms with Crippen molar-refractivity contribution in [2.24, 2.45) is 12.8 Å². The van der Waals surface area contributed by atoms with Crippen molar-refractivity contribution in [3.8, 4) is 0 Å². The summed E-state index contributed by atoms with van der Waals surface area (Å²) in [5, 5.41) is 4.33. The van der Waals surface area contributed by atoms with Crippen molar-refractivity contribution in [2.45, 2.75) is 19.9 Å². The molecule has 0 saturated carbocycles. The van der Waals surface area contributed by atoms with Gasteiger partial charge >= 0.3 is 0 Å². The van der Waals surface area contributed by atoms with Crippen LogP contribution in [0.25, 0.3) is 0 Å². The molecule has 0 spiro atoms. The van der Waals surface area contributed by atoms with Crippen molar-refractivity contribution >= 4 is 0 Å². The predicted octanol–water partition coefficient (Wildman–Crippen LogP) is 1.08. The molecule has 2 rings (SSSR count). The van der Waals surface area contributed by atoms with E-state index in [2.05, 4.69) is 34.2 Å². The van der Waals surface area contributed by atoms with E-state index in [1.54, 1.807) is 0 Å². The highest BCUT2D eigenvalue weighted by atomic mass is 15.3. The topological polar surface area (TPSA) is 48.8 Å². The minimum absolute atomic E-state index is 0.703. The number of hydrogen-bond donors (Lipinski definition) is 1. The van der Waals surface area contributed by atoms with E-state index in [0.717, 1.165) is 18.7 Å². The molecule has 0 atom stereocenters. The van der Waals surface area contributed by atoms with Gasteiger partial charge in [-0.1, -0.05) is 0 Å². The summed E-state index contributed by atoms with van der Waals surface area (Å²) >= 11 is 0. The Bertz CT molecular complexity index is 467. The molecule has 4 heteroatoms. The Labute approximate surface area is 95.7 Å². The van der Waals surface area contributed by atoms with Crippen LogP contribution in [0.2, 0.25) is 0 Å². The highest BCUT2D eigenvalue weighted by Gasteiger charge is 2.03. The van der Waals surface area contributed by atoms with Crippen LogP contribution >= 0.6 is 0 Å². The molecule has 2 heterocycles. The quantitative estimate of drug-likeness (QED) is 0.834. The molecule has 0 amide bonds. The maximum atomic E-state index is 5.53. The van der Waals surface area contributed by atoms with Gasteiger partial charge in [0.1, 0.15) is 0 Å². The van der Waals surface area contributed by atoms with Crippen LogP contribution in [0.5, 0.6) is 0 Å². The van der Waals surface area contributed by atoms with Gasteiger partial charge in [0, 0.05) is 19.4 Å². The Morgan fingerprint density at radius 2 is 2.25 bits per heavy atom. The lowest BCUT2D eigenvalue weighted by Gasteiger charge is -2.02. The van der Waals surface area contributed by atoms with E-state index in [9.17, 15) is 0 Å². The summed E-state index contributed by atoms with van der Waals surface area (Å²) in [5.74, 6) is 0. The van der Waals surface area contributed by atoms with Crippen molar-refractivity contribution in [1.29, 1.82) is 0 Å². The highest BCUT2D eigenvalue weighted by molar-refractivity contribution is 5.14. The van der Waals surface area contributed by atoms with Gasteiger partial charge in [0.2, 0.25) is 0 Å². The lowest BCUT2D eigenvalue weighted by molar-refractivity contribution is 0.664. The van der Waals surface area contributed by atoms with Crippen LogP contribution in [0.15, 0.2) is 24.5 Å². The molecule has 4 nitrogen and oxygen atoms in total. The highest BCUT2D eigenvalue weighted by Crippen LogP contribution is 2.07. The van der Waals surface area contributed by atoms with E-state index in [1.165, 1.54) is 11.3 Å². The lowest BCUT2D eigenvalue weighted by atomic mass is 10.2. The van der Waals surface area contributed by atoms with Gasteiger partial charge in [0.25, 0.3) is 0 Å². The van der Waals surface area contributed by atoms with Gasteiger partial charge in [-0.25, -0.2) is 0 Å². The van der Waals surface area contributed by atoms with Gasteiger partial charge in [-0.15, -0.1) is 0 Å². The summed E-state index contributed by atoms with van der Waals surface area (Å²) in [5.41, 5.74) is 9.10. The first-order chi connectivity index (χ1) is 7.69. The van der Waals surface area contributed by atoms with Crippen molar-refractivity contribution in [2.75, 3.05) is 6.54 Å². The fourth-order valence-corrected chi connectivity index (χ4v) is 1.90. The molecule has 2 aromatic rings. The van der Waals surface area contributed by atoms with Crippen LogP contribution in [0, 0.1) is 6.92 Å². The van der Waals surface area contributed by atoms with Crippen LogP contribution < -0.4 is 5.73 Å². The Morgan fingerprint density at radius 3 is 2.88 bits per heavy atom. The minimum Gasteiger partial charge on any atom is -0.348 e. The van der Waals surface area contributed by atoms with E-state index >= 15 is 0 Å². The van der Waals surface area contributed by atoms with E-state index in [1.807, 2.05) is 18.7 Å². The van der Waals surface area contributed by atoms with Crippen molar-refractivity contribution in [1.82, 2.24) is 14.3 Å². The van der Waals surface area contributed by atoms with Gasteiger partial charge in [-0.2, -0.15) is 5.10 Å². The summed E-state index contributed by atoms with van der Waals surface area (Å²) in [6.07, 6.45) is 5.18. The molecule has 0 saturated heterocycles. The standard InChI is InChI=1S/C12H18N4/c1-10-7-12(15(2)14-10)9-16-6-4-11(8-16)3-5-13/h4,6-8H,3,5,9,13H2,1-2H3. The third kappa shape index (κ3) is 2.33. The fraction of sp³-hybridized carbons (Fsp3) is 0.417. The third-order valence-electron chi connectivity index (χ3n) is 2.69. The van der Waals surface area contributed by atoms with Crippen LogP contribution in [-0.4, -0.2) is 20.9 Å². The summed E-state index contributed by atoms with van der Waals surface area (Å²) in [7, 11) is 1.98. The number of hydrogen-bond acceptors (Lipinski definition) is 2. The number of rotatable bonds is 4. The van der Waals surface area contributed by atoms with Crippen LogP contribution in [0.4, 0.5) is 0 Å². The SMILES string of the molecule is Cc1cc(Cn2ccc(CCN)c2)n(C)n1. The first-order valence-corrected chi connectivity index (χ1v) is 5.53. The monoisotopic (exact) mass is 218 g/mol. The maximum Gasteiger partial charge on any atom is 0.0639 e. The van der Waals surface area contributed by atoms with Crippen molar-refractivity contribution in [3.63, 3.8) is 0 Å². The molecule has 0 aromatic carbocycles. The average molecular weight is 218 g/mol. The van der Waals surface area contributed by atoms with Gasteiger partial charge in [0.05, 0.1) is 17.9 Å². The van der Waals surface area contributed by atoms with E-state index in [4.69, 9.17) is 5.73 Å².